The van der Waals surface area contributed by atoms with Crippen LogP contribution in [-0.4, -0.2) is 14.5 Å². The summed E-state index contributed by atoms with van der Waals surface area (Å²) in [6.07, 6.45) is 2.44. The van der Waals surface area contributed by atoms with Crippen LogP contribution < -0.4 is 0 Å². The van der Waals surface area contributed by atoms with Crippen molar-refractivity contribution in [2.45, 2.75) is 13.3 Å². The van der Waals surface area contributed by atoms with E-state index in [1.807, 2.05) is 29.8 Å². The number of aromatic nitrogens is 3. The second-order valence-electron chi connectivity index (χ2n) is 4.09. The first-order valence-corrected chi connectivity index (χ1v) is 6.14. The highest BCUT2D eigenvalue weighted by atomic mass is 35.5. The Balaban J connectivity index is 2.33. The highest BCUT2D eigenvalue weighted by molar-refractivity contribution is 6.30. The summed E-state index contributed by atoms with van der Waals surface area (Å²) >= 11 is 6.13. The van der Waals surface area contributed by atoms with Gasteiger partial charge >= 0.3 is 0 Å². The Morgan fingerprint density at radius 2 is 2.22 bits per heavy atom. The van der Waals surface area contributed by atoms with Gasteiger partial charge in [-0.25, -0.2) is 9.97 Å². The van der Waals surface area contributed by atoms with Crippen LogP contribution in [0.4, 0.5) is 0 Å². The molecular weight excluding hydrogens is 250 g/mol. The van der Waals surface area contributed by atoms with E-state index in [1.165, 1.54) is 0 Å². The smallest absolute Gasteiger partial charge is 0.197 e. The molecule has 3 heterocycles. The van der Waals surface area contributed by atoms with Crippen LogP contribution in [0.15, 0.2) is 28.9 Å². The van der Waals surface area contributed by atoms with E-state index in [2.05, 4.69) is 16.9 Å². The van der Waals surface area contributed by atoms with Crippen LogP contribution in [0.25, 0.3) is 22.6 Å². The van der Waals surface area contributed by atoms with Crippen LogP contribution in [0.2, 0.25) is 5.15 Å². The van der Waals surface area contributed by atoms with Crippen molar-refractivity contribution in [3.05, 3.63) is 35.3 Å². The third-order valence-corrected chi connectivity index (χ3v) is 3.35. The first-order valence-electron chi connectivity index (χ1n) is 5.76. The zero-order valence-electron chi connectivity index (χ0n) is 10.1. The van der Waals surface area contributed by atoms with Crippen LogP contribution in [0.3, 0.4) is 0 Å². The quantitative estimate of drug-likeness (QED) is 0.710. The van der Waals surface area contributed by atoms with Gasteiger partial charge in [-0.2, -0.15) is 0 Å². The fraction of sp³-hybridized carbons (Fsp3) is 0.231. The van der Waals surface area contributed by atoms with E-state index in [-0.39, 0.29) is 0 Å². The van der Waals surface area contributed by atoms with Crippen molar-refractivity contribution in [3.8, 4) is 11.6 Å². The molecule has 0 spiro atoms. The van der Waals surface area contributed by atoms with E-state index in [0.717, 1.165) is 23.1 Å². The molecule has 0 aromatic carbocycles. The lowest BCUT2D eigenvalue weighted by Crippen LogP contribution is -1.98. The Morgan fingerprint density at radius 3 is 2.89 bits per heavy atom. The lowest BCUT2D eigenvalue weighted by Gasteiger charge is -2.03. The molecule has 0 aliphatic heterocycles. The van der Waals surface area contributed by atoms with Crippen LogP contribution in [-0.2, 0) is 13.5 Å². The fourth-order valence-corrected chi connectivity index (χ4v) is 2.20. The lowest BCUT2D eigenvalue weighted by molar-refractivity contribution is 0.577. The number of hydrogen-bond donors (Lipinski definition) is 0. The molecule has 4 nitrogen and oxygen atoms in total. The summed E-state index contributed by atoms with van der Waals surface area (Å²) in [7, 11) is 1.89. The van der Waals surface area contributed by atoms with Crippen LogP contribution >= 0.6 is 11.6 Å². The molecule has 0 amide bonds. The van der Waals surface area contributed by atoms with Crippen LogP contribution in [0.1, 0.15) is 12.6 Å². The summed E-state index contributed by atoms with van der Waals surface area (Å²) < 4.78 is 7.20. The predicted molar refractivity (Wildman–Crippen MR) is 70.6 cm³/mol. The molecule has 3 aromatic heterocycles. The van der Waals surface area contributed by atoms with Gasteiger partial charge in [-0.3, -0.25) is 0 Å². The molecule has 18 heavy (non-hydrogen) atoms. The van der Waals surface area contributed by atoms with Gasteiger partial charge in [-0.1, -0.05) is 18.5 Å². The SMILES string of the molecule is CCc1nc(-c2ccco2)nc2c1cc(Cl)n2C. The molecule has 0 aliphatic rings. The molecule has 0 atom stereocenters. The van der Waals surface area contributed by atoms with E-state index >= 15 is 0 Å². The molecular formula is C13H12ClN3O. The summed E-state index contributed by atoms with van der Waals surface area (Å²) in [5.41, 5.74) is 1.81. The van der Waals surface area contributed by atoms with Gasteiger partial charge in [0.15, 0.2) is 11.6 Å². The molecule has 0 fully saturated rings. The van der Waals surface area contributed by atoms with Gasteiger partial charge in [0.25, 0.3) is 0 Å². The summed E-state index contributed by atoms with van der Waals surface area (Å²) in [5, 5.41) is 1.66. The standard InChI is InChI=1S/C13H12ClN3O/c1-3-9-8-7-11(14)17(2)13(8)16-12(15-9)10-5-4-6-18-10/h4-7H,3H2,1-2H3. The van der Waals surface area contributed by atoms with Crippen LogP contribution in [0.5, 0.6) is 0 Å². The topological polar surface area (TPSA) is 43.9 Å². The average molecular weight is 262 g/mol. The third-order valence-electron chi connectivity index (χ3n) is 2.98. The van der Waals surface area contributed by atoms with Crippen molar-refractivity contribution in [2.75, 3.05) is 0 Å². The zero-order valence-corrected chi connectivity index (χ0v) is 10.9. The Labute approximate surface area is 109 Å². The number of rotatable bonds is 2. The maximum atomic E-state index is 6.13. The first-order chi connectivity index (χ1) is 8.70. The molecule has 0 unspecified atom stereocenters. The Morgan fingerprint density at radius 1 is 1.39 bits per heavy atom. The van der Waals surface area contributed by atoms with E-state index < -0.39 is 0 Å². The summed E-state index contributed by atoms with van der Waals surface area (Å²) in [6, 6.07) is 5.58. The van der Waals surface area contributed by atoms with Crippen molar-refractivity contribution >= 4 is 22.6 Å². The molecule has 0 saturated carbocycles. The largest absolute Gasteiger partial charge is 0.461 e. The average Bonchev–Trinajstić information content (AvgIpc) is 2.99. The molecule has 3 rings (SSSR count). The second kappa shape index (κ2) is 4.14. The Bertz CT molecular complexity index is 701. The first kappa shape index (κ1) is 11.3. The minimum Gasteiger partial charge on any atom is -0.461 e. The van der Waals surface area contributed by atoms with Gasteiger partial charge in [0.1, 0.15) is 10.8 Å². The number of furan rings is 1. The Hall–Kier alpha value is -1.81. The number of fused-ring (bicyclic) bond motifs is 1. The molecule has 0 bridgehead atoms. The number of halogens is 1. The van der Waals surface area contributed by atoms with E-state index in [1.54, 1.807) is 6.26 Å². The second-order valence-corrected chi connectivity index (χ2v) is 4.48. The van der Waals surface area contributed by atoms with Crippen molar-refractivity contribution in [1.82, 2.24) is 14.5 Å². The summed E-state index contributed by atoms with van der Waals surface area (Å²) in [4.78, 5) is 9.06. The normalized spacial score (nSPS) is 11.3. The van der Waals surface area contributed by atoms with Crippen LogP contribution in [0, 0.1) is 0 Å². The van der Waals surface area contributed by atoms with Gasteiger partial charge in [0, 0.05) is 12.4 Å². The lowest BCUT2D eigenvalue weighted by atomic mass is 10.2. The minimum absolute atomic E-state index is 0.599. The number of hydrogen-bond acceptors (Lipinski definition) is 3. The van der Waals surface area contributed by atoms with Gasteiger partial charge in [-0.05, 0) is 24.6 Å². The van der Waals surface area contributed by atoms with E-state index in [0.29, 0.717) is 16.7 Å². The van der Waals surface area contributed by atoms with Gasteiger partial charge in [0.2, 0.25) is 0 Å². The maximum Gasteiger partial charge on any atom is 0.197 e. The molecule has 3 aromatic rings. The monoisotopic (exact) mass is 261 g/mol. The van der Waals surface area contributed by atoms with Gasteiger partial charge in [-0.15, -0.1) is 0 Å². The third kappa shape index (κ3) is 1.61. The highest BCUT2D eigenvalue weighted by Crippen LogP contribution is 2.26. The highest BCUT2D eigenvalue weighted by Gasteiger charge is 2.14. The van der Waals surface area contributed by atoms with E-state index in [4.69, 9.17) is 16.0 Å². The fourth-order valence-electron chi connectivity index (χ4n) is 2.01. The maximum absolute atomic E-state index is 6.13. The van der Waals surface area contributed by atoms with Crippen molar-refractivity contribution < 1.29 is 4.42 Å². The zero-order chi connectivity index (χ0) is 12.7. The molecule has 0 N–H and O–H groups in total. The van der Waals surface area contributed by atoms with Gasteiger partial charge in [0.05, 0.1) is 12.0 Å². The Kier molecular flexibility index (Phi) is 2.59. The molecule has 0 radical (unpaired) electrons. The summed E-state index contributed by atoms with van der Waals surface area (Å²) in [6.45, 7) is 2.06. The molecule has 92 valence electrons. The van der Waals surface area contributed by atoms with Gasteiger partial charge < -0.3 is 8.98 Å². The number of nitrogens with zero attached hydrogens (tertiary/aromatic N) is 3. The van der Waals surface area contributed by atoms with Crippen molar-refractivity contribution in [3.63, 3.8) is 0 Å². The molecule has 0 aliphatic carbocycles. The number of aryl methyl sites for hydroxylation is 2. The summed E-state index contributed by atoms with van der Waals surface area (Å²) in [5.74, 6) is 1.27. The van der Waals surface area contributed by atoms with E-state index in [9.17, 15) is 0 Å². The van der Waals surface area contributed by atoms with Crippen molar-refractivity contribution in [2.24, 2.45) is 7.05 Å². The minimum atomic E-state index is 0.599. The predicted octanol–water partition coefficient (Wildman–Crippen LogP) is 3.44. The molecule has 0 saturated heterocycles. The molecule has 5 heteroatoms. The van der Waals surface area contributed by atoms with Crippen molar-refractivity contribution in [1.29, 1.82) is 0 Å².